The van der Waals surface area contributed by atoms with Crippen LogP contribution < -0.4 is 10.2 Å². The minimum absolute atomic E-state index is 0.0309. The second kappa shape index (κ2) is 7.78. The van der Waals surface area contributed by atoms with Crippen LogP contribution in [0.15, 0.2) is 24.3 Å². The number of alkyl halides is 3. The number of ether oxygens (including phenoxy) is 1. The van der Waals surface area contributed by atoms with Gasteiger partial charge in [-0.05, 0) is 24.6 Å². The van der Waals surface area contributed by atoms with Crippen molar-refractivity contribution in [1.82, 2.24) is 5.32 Å². The van der Waals surface area contributed by atoms with Gasteiger partial charge in [0.1, 0.15) is 0 Å². The normalized spacial score (nSPS) is 17.9. The van der Waals surface area contributed by atoms with Crippen molar-refractivity contribution in [1.29, 1.82) is 0 Å². The predicted octanol–water partition coefficient (Wildman–Crippen LogP) is 3.60. The summed E-state index contributed by atoms with van der Waals surface area (Å²) in [7, 11) is 0. The molecule has 1 heterocycles. The summed E-state index contributed by atoms with van der Waals surface area (Å²) >= 11 is 1.05. The summed E-state index contributed by atoms with van der Waals surface area (Å²) in [6.45, 7) is 2.40. The van der Waals surface area contributed by atoms with Gasteiger partial charge in [-0.25, -0.2) is 4.79 Å². The molecule has 1 fully saturated rings. The molecule has 9 heteroatoms. The molecule has 1 saturated heterocycles. The van der Waals surface area contributed by atoms with Gasteiger partial charge in [0, 0.05) is 12.2 Å². The number of halogens is 3. The number of nitrogens with zero attached hydrogens (tertiary/aromatic N) is 1. The summed E-state index contributed by atoms with van der Waals surface area (Å²) in [5, 5.41) is 2.54. The monoisotopic (exact) mass is 362 g/mol. The number of hydrogen-bond donors (Lipinski definition) is 1. The van der Waals surface area contributed by atoms with E-state index in [1.165, 1.54) is 12.1 Å². The van der Waals surface area contributed by atoms with E-state index in [4.69, 9.17) is 4.74 Å². The van der Waals surface area contributed by atoms with Crippen molar-refractivity contribution in [2.75, 3.05) is 17.2 Å². The van der Waals surface area contributed by atoms with Gasteiger partial charge < -0.3 is 10.1 Å². The van der Waals surface area contributed by atoms with E-state index in [1.54, 1.807) is 0 Å². The molecule has 0 bridgehead atoms. The number of carbonyl (C=O) groups excluding carboxylic acids is 2. The van der Waals surface area contributed by atoms with Crippen LogP contribution in [-0.2, 0) is 15.7 Å². The number of thioether (sulfide) groups is 1. The Hall–Kier alpha value is -1.90. The van der Waals surface area contributed by atoms with E-state index in [9.17, 15) is 22.8 Å². The molecule has 1 unspecified atom stereocenters. The highest BCUT2D eigenvalue weighted by Crippen LogP contribution is 2.35. The Balaban J connectivity index is 2.12. The third kappa shape index (κ3) is 4.56. The molecule has 0 saturated carbocycles. The number of alkyl carbamates (subject to hydrolysis) is 1. The summed E-state index contributed by atoms with van der Waals surface area (Å²) in [6.07, 6.45) is -3.54. The fourth-order valence-electron chi connectivity index (χ4n) is 2.09. The van der Waals surface area contributed by atoms with Gasteiger partial charge in [0.15, 0.2) is 0 Å². The number of anilines is 1. The topological polar surface area (TPSA) is 58.6 Å². The molecule has 1 aliphatic rings. The fraction of sp³-hybridized carbons (Fsp3) is 0.467. The van der Waals surface area contributed by atoms with E-state index < -0.39 is 29.3 Å². The average Bonchev–Trinajstić information content (AvgIpc) is 2.87. The Kier molecular flexibility index (Phi) is 5.98. The molecule has 0 aliphatic carbocycles. The lowest BCUT2D eigenvalue weighted by molar-refractivity contribution is -0.137. The van der Waals surface area contributed by atoms with E-state index in [-0.39, 0.29) is 11.4 Å². The summed E-state index contributed by atoms with van der Waals surface area (Å²) < 4.78 is 43.6. The molecule has 24 heavy (non-hydrogen) atoms. The van der Waals surface area contributed by atoms with Gasteiger partial charge in [-0.15, -0.1) is 0 Å². The van der Waals surface area contributed by atoms with Crippen LogP contribution in [0.25, 0.3) is 0 Å². The first-order valence-corrected chi connectivity index (χ1v) is 8.43. The Morgan fingerprint density at radius 3 is 2.88 bits per heavy atom. The number of carbonyl (C=O) groups is 2. The molecule has 1 aromatic carbocycles. The zero-order valence-corrected chi connectivity index (χ0v) is 13.7. The zero-order valence-electron chi connectivity index (χ0n) is 12.9. The molecule has 1 aliphatic heterocycles. The van der Waals surface area contributed by atoms with Gasteiger partial charge in [0.25, 0.3) is 0 Å². The van der Waals surface area contributed by atoms with Crippen LogP contribution in [0.2, 0.25) is 0 Å². The highest BCUT2D eigenvalue weighted by atomic mass is 32.2. The molecule has 2 amide bonds. The number of hydrogen-bond acceptors (Lipinski definition) is 4. The van der Waals surface area contributed by atoms with Crippen molar-refractivity contribution in [3.8, 4) is 0 Å². The molecule has 5 nitrogen and oxygen atoms in total. The third-order valence-corrected chi connectivity index (χ3v) is 4.29. The molecular formula is C15H17F3N2O3S. The summed E-state index contributed by atoms with van der Waals surface area (Å²) in [5.41, 5.74) is -1.80. The second-order valence-corrected chi connectivity index (χ2v) is 6.14. The SMILES string of the molecule is CCCCNC(=O)OC1SCC(=O)N1c1cccc(C(F)(F)F)c1. The van der Waals surface area contributed by atoms with Crippen molar-refractivity contribution >= 4 is 29.4 Å². The highest BCUT2D eigenvalue weighted by molar-refractivity contribution is 8.01. The van der Waals surface area contributed by atoms with Crippen LogP contribution in [0, 0.1) is 0 Å². The van der Waals surface area contributed by atoms with Gasteiger partial charge in [-0.1, -0.05) is 31.2 Å². The maximum Gasteiger partial charge on any atom is 0.416 e. The molecule has 132 valence electrons. The molecule has 2 rings (SSSR count). The van der Waals surface area contributed by atoms with Crippen LogP contribution in [0.1, 0.15) is 25.3 Å². The van der Waals surface area contributed by atoms with Crippen molar-refractivity contribution in [2.24, 2.45) is 0 Å². The van der Waals surface area contributed by atoms with Gasteiger partial charge in [0.2, 0.25) is 11.5 Å². The summed E-state index contributed by atoms with van der Waals surface area (Å²) in [4.78, 5) is 24.8. The quantitative estimate of drug-likeness (QED) is 0.813. The number of rotatable bonds is 5. The van der Waals surface area contributed by atoms with Crippen LogP contribution in [-0.4, -0.2) is 29.9 Å². The van der Waals surface area contributed by atoms with Crippen molar-refractivity contribution in [3.63, 3.8) is 0 Å². The summed E-state index contributed by atoms with van der Waals surface area (Å²) in [6, 6.07) is 4.39. The largest absolute Gasteiger partial charge is 0.416 e. The van der Waals surface area contributed by atoms with Gasteiger partial charge in [-0.3, -0.25) is 9.69 Å². The summed E-state index contributed by atoms with van der Waals surface area (Å²) in [5.74, 6) is -0.381. The predicted molar refractivity (Wildman–Crippen MR) is 84.6 cm³/mol. The van der Waals surface area contributed by atoms with Gasteiger partial charge in [-0.2, -0.15) is 13.2 Å². The van der Waals surface area contributed by atoms with Crippen molar-refractivity contribution in [2.45, 2.75) is 31.5 Å². The van der Waals surface area contributed by atoms with Crippen LogP contribution in [0.4, 0.5) is 23.7 Å². The van der Waals surface area contributed by atoms with E-state index in [2.05, 4.69) is 5.32 Å². The Labute approximate surface area is 141 Å². The van der Waals surface area contributed by atoms with E-state index >= 15 is 0 Å². The van der Waals surface area contributed by atoms with E-state index in [0.29, 0.717) is 6.54 Å². The van der Waals surface area contributed by atoms with E-state index in [0.717, 1.165) is 41.6 Å². The lowest BCUT2D eigenvalue weighted by Gasteiger charge is -2.24. The number of amides is 2. The van der Waals surface area contributed by atoms with Crippen LogP contribution in [0.3, 0.4) is 0 Å². The van der Waals surface area contributed by atoms with Crippen LogP contribution >= 0.6 is 11.8 Å². The number of benzene rings is 1. The maximum absolute atomic E-state index is 12.8. The Bertz CT molecular complexity index is 610. The van der Waals surface area contributed by atoms with Crippen molar-refractivity contribution in [3.05, 3.63) is 29.8 Å². The van der Waals surface area contributed by atoms with Crippen LogP contribution in [0.5, 0.6) is 0 Å². The van der Waals surface area contributed by atoms with E-state index in [1.807, 2.05) is 6.92 Å². The zero-order chi connectivity index (χ0) is 17.7. The molecule has 0 spiro atoms. The fourth-order valence-corrected chi connectivity index (χ4v) is 3.06. The Morgan fingerprint density at radius 1 is 1.46 bits per heavy atom. The number of nitrogens with one attached hydrogen (secondary N) is 1. The number of unbranched alkanes of at least 4 members (excludes halogenated alkanes) is 1. The second-order valence-electron chi connectivity index (χ2n) is 5.12. The standard InChI is InChI=1S/C15H17F3N2O3S/c1-2-3-7-19-13(22)23-14-20(12(21)9-24-14)11-6-4-5-10(8-11)15(16,17)18/h4-6,8,14H,2-3,7,9H2,1H3,(H,19,22). The first-order valence-electron chi connectivity index (χ1n) is 7.38. The molecule has 0 aromatic heterocycles. The lowest BCUT2D eigenvalue weighted by Crippen LogP contribution is -2.38. The Morgan fingerprint density at radius 2 is 2.21 bits per heavy atom. The smallest absolute Gasteiger partial charge is 0.415 e. The van der Waals surface area contributed by atoms with Crippen molar-refractivity contribution < 1.29 is 27.5 Å². The average molecular weight is 362 g/mol. The molecule has 1 aromatic rings. The molecular weight excluding hydrogens is 345 g/mol. The van der Waals surface area contributed by atoms with Gasteiger partial charge >= 0.3 is 12.3 Å². The minimum Gasteiger partial charge on any atom is -0.415 e. The molecule has 0 radical (unpaired) electrons. The lowest BCUT2D eigenvalue weighted by atomic mass is 10.2. The maximum atomic E-state index is 12.8. The van der Waals surface area contributed by atoms with Gasteiger partial charge in [0.05, 0.1) is 11.3 Å². The molecule has 1 N–H and O–H groups in total. The minimum atomic E-state index is -4.51. The molecule has 1 atom stereocenters. The first-order chi connectivity index (χ1) is 11.3. The first kappa shape index (κ1) is 18.4. The third-order valence-electron chi connectivity index (χ3n) is 3.29. The highest BCUT2D eigenvalue weighted by Gasteiger charge is 2.37.